The molecule has 3 heterocycles. The number of benzene rings is 2. The largest absolute Gasteiger partial charge is 0.332 e. The third-order valence-electron chi connectivity index (χ3n) is 5.25. The molecular formula is C22H19N3OS. The summed E-state index contributed by atoms with van der Waals surface area (Å²) in [6.45, 7) is 1.29. The molecule has 0 spiro atoms. The highest BCUT2D eigenvalue weighted by molar-refractivity contribution is 7.17. The van der Waals surface area contributed by atoms with E-state index in [-0.39, 0.29) is 5.91 Å². The van der Waals surface area contributed by atoms with Crippen molar-refractivity contribution in [2.75, 3.05) is 6.54 Å². The van der Waals surface area contributed by atoms with E-state index in [1.165, 1.54) is 16.8 Å². The number of carbonyl (C=O) groups is 1. The first-order valence-corrected chi connectivity index (χ1v) is 9.96. The zero-order valence-electron chi connectivity index (χ0n) is 15.1. The van der Waals surface area contributed by atoms with Crippen LogP contribution in [0.1, 0.15) is 21.6 Å². The summed E-state index contributed by atoms with van der Waals surface area (Å²) < 4.78 is 3.11. The average molecular weight is 373 g/mol. The lowest BCUT2D eigenvalue weighted by Crippen LogP contribution is -2.35. The molecule has 5 rings (SSSR count). The van der Waals surface area contributed by atoms with E-state index in [0.717, 1.165) is 34.3 Å². The molecule has 0 bridgehead atoms. The fourth-order valence-electron chi connectivity index (χ4n) is 3.96. The number of carbonyl (C=O) groups excluding carboxylic acids is 1. The van der Waals surface area contributed by atoms with Gasteiger partial charge in [-0.3, -0.25) is 9.48 Å². The molecule has 4 nitrogen and oxygen atoms in total. The van der Waals surface area contributed by atoms with Gasteiger partial charge in [-0.05, 0) is 12.5 Å². The van der Waals surface area contributed by atoms with Gasteiger partial charge in [-0.25, -0.2) is 0 Å². The number of hydrogen-bond donors (Lipinski definition) is 0. The highest BCUT2D eigenvalue weighted by atomic mass is 32.1. The molecule has 4 aromatic rings. The van der Waals surface area contributed by atoms with Crippen LogP contribution in [0.2, 0.25) is 0 Å². The lowest BCUT2D eigenvalue weighted by Gasteiger charge is -2.26. The lowest BCUT2D eigenvalue weighted by molar-refractivity contribution is 0.0735. The lowest BCUT2D eigenvalue weighted by atomic mass is 9.99. The van der Waals surface area contributed by atoms with Gasteiger partial charge in [-0.1, -0.05) is 48.5 Å². The van der Waals surface area contributed by atoms with Crippen LogP contribution in [-0.2, 0) is 20.0 Å². The van der Waals surface area contributed by atoms with Crippen molar-refractivity contribution in [2.45, 2.75) is 13.0 Å². The molecule has 5 heteroatoms. The number of aromatic nitrogens is 2. The zero-order chi connectivity index (χ0) is 18.4. The average Bonchev–Trinajstić information content (AvgIpc) is 3.27. The van der Waals surface area contributed by atoms with Crippen molar-refractivity contribution < 1.29 is 4.79 Å². The van der Waals surface area contributed by atoms with Crippen molar-refractivity contribution in [1.29, 1.82) is 0 Å². The fourth-order valence-corrected chi connectivity index (χ4v) is 4.90. The van der Waals surface area contributed by atoms with E-state index in [9.17, 15) is 4.79 Å². The summed E-state index contributed by atoms with van der Waals surface area (Å²) in [5, 5.41) is 7.76. The van der Waals surface area contributed by atoms with Gasteiger partial charge in [-0.2, -0.15) is 5.10 Å². The van der Waals surface area contributed by atoms with Crippen LogP contribution in [0.5, 0.6) is 0 Å². The molecule has 0 N–H and O–H groups in total. The zero-order valence-corrected chi connectivity index (χ0v) is 15.9. The van der Waals surface area contributed by atoms with Crippen LogP contribution in [0.3, 0.4) is 0 Å². The van der Waals surface area contributed by atoms with Crippen molar-refractivity contribution >= 4 is 27.3 Å². The smallest absolute Gasteiger partial charge is 0.255 e. The van der Waals surface area contributed by atoms with Gasteiger partial charge in [0, 0.05) is 40.2 Å². The van der Waals surface area contributed by atoms with Crippen LogP contribution in [0.25, 0.3) is 21.3 Å². The molecule has 0 radical (unpaired) electrons. The van der Waals surface area contributed by atoms with Crippen LogP contribution in [-0.4, -0.2) is 27.1 Å². The van der Waals surface area contributed by atoms with Gasteiger partial charge in [0.2, 0.25) is 0 Å². The molecule has 1 amide bonds. The molecule has 2 aromatic carbocycles. The topological polar surface area (TPSA) is 38.1 Å². The Hall–Kier alpha value is -2.92. The number of thiophene rings is 1. The summed E-state index contributed by atoms with van der Waals surface area (Å²) in [7, 11) is 1.99. The summed E-state index contributed by atoms with van der Waals surface area (Å²) in [6, 6.07) is 18.5. The minimum absolute atomic E-state index is 0.102. The van der Waals surface area contributed by atoms with Crippen molar-refractivity contribution in [2.24, 2.45) is 7.05 Å². The van der Waals surface area contributed by atoms with E-state index < -0.39 is 0 Å². The molecule has 2 aromatic heterocycles. The minimum atomic E-state index is 0.102. The van der Waals surface area contributed by atoms with Crippen LogP contribution in [0.4, 0.5) is 0 Å². The molecule has 1 aliphatic heterocycles. The number of hydrogen-bond acceptors (Lipinski definition) is 3. The predicted octanol–water partition coefficient (Wildman–Crippen LogP) is 4.50. The Balaban J connectivity index is 1.48. The first kappa shape index (κ1) is 16.3. The minimum Gasteiger partial charge on any atom is -0.332 e. The van der Waals surface area contributed by atoms with Crippen LogP contribution >= 0.6 is 11.3 Å². The van der Waals surface area contributed by atoms with Crippen LogP contribution in [0, 0.1) is 0 Å². The summed E-state index contributed by atoms with van der Waals surface area (Å²) in [4.78, 5) is 15.1. The second-order valence-electron chi connectivity index (χ2n) is 6.89. The third kappa shape index (κ3) is 2.66. The molecule has 0 aliphatic carbocycles. The fraction of sp³-hybridized carbons (Fsp3) is 0.182. The van der Waals surface area contributed by atoms with Gasteiger partial charge >= 0.3 is 0 Å². The molecular weight excluding hydrogens is 354 g/mol. The maximum absolute atomic E-state index is 13.1. The molecule has 0 unspecified atom stereocenters. The van der Waals surface area contributed by atoms with Gasteiger partial charge in [0.05, 0.1) is 23.5 Å². The highest BCUT2D eigenvalue weighted by Crippen LogP contribution is 2.32. The molecule has 0 fully saturated rings. The summed E-state index contributed by atoms with van der Waals surface area (Å²) in [5.74, 6) is 0.102. The number of aryl methyl sites for hydroxylation is 1. The van der Waals surface area contributed by atoms with Crippen molar-refractivity contribution in [1.82, 2.24) is 14.7 Å². The Morgan fingerprint density at radius 1 is 1.07 bits per heavy atom. The first-order valence-electron chi connectivity index (χ1n) is 9.08. The predicted molar refractivity (Wildman–Crippen MR) is 109 cm³/mol. The van der Waals surface area contributed by atoms with Crippen LogP contribution < -0.4 is 0 Å². The molecule has 27 heavy (non-hydrogen) atoms. The highest BCUT2D eigenvalue weighted by Gasteiger charge is 2.28. The quantitative estimate of drug-likeness (QED) is 0.519. The van der Waals surface area contributed by atoms with E-state index in [0.29, 0.717) is 6.54 Å². The van der Waals surface area contributed by atoms with Crippen molar-refractivity contribution in [3.63, 3.8) is 0 Å². The standard InChI is InChI=1S/C22H19N3OS/c1-24-21(15-7-3-2-4-8-15)17-11-12-25(13-19(17)23-24)22(26)18-14-27-20-10-6-5-9-16(18)20/h2-10,14H,11-13H2,1H3. The number of nitrogens with zero attached hydrogens (tertiary/aromatic N) is 3. The van der Waals surface area contributed by atoms with E-state index in [1.54, 1.807) is 11.3 Å². The summed E-state index contributed by atoms with van der Waals surface area (Å²) >= 11 is 1.63. The van der Waals surface area contributed by atoms with E-state index >= 15 is 0 Å². The molecule has 1 aliphatic rings. The Labute approximate surface area is 161 Å². The number of amides is 1. The van der Waals surface area contributed by atoms with Gasteiger partial charge < -0.3 is 4.90 Å². The first-order chi connectivity index (χ1) is 13.2. The Bertz CT molecular complexity index is 1140. The van der Waals surface area contributed by atoms with Gasteiger partial charge in [0.25, 0.3) is 5.91 Å². The second-order valence-corrected chi connectivity index (χ2v) is 7.80. The monoisotopic (exact) mass is 373 g/mol. The maximum atomic E-state index is 13.1. The Morgan fingerprint density at radius 3 is 2.70 bits per heavy atom. The van der Waals surface area contributed by atoms with E-state index in [4.69, 9.17) is 5.10 Å². The second kappa shape index (κ2) is 6.35. The molecule has 0 atom stereocenters. The summed E-state index contributed by atoms with van der Waals surface area (Å²) in [5.41, 5.74) is 5.42. The number of fused-ring (bicyclic) bond motifs is 2. The van der Waals surface area contributed by atoms with Crippen molar-refractivity contribution in [3.05, 3.63) is 76.8 Å². The van der Waals surface area contributed by atoms with Gasteiger partial charge in [0.1, 0.15) is 0 Å². The molecule has 0 saturated heterocycles. The van der Waals surface area contributed by atoms with Gasteiger partial charge in [0.15, 0.2) is 0 Å². The Morgan fingerprint density at radius 2 is 1.85 bits per heavy atom. The van der Waals surface area contributed by atoms with Crippen LogP contribution in [0.15, 0.2) is 60.0 Å². The maximum Gasteiger partial charge on any atom is 0.255 e. The van der Waals surface area contributed by atoms with Gasteiger partial charge in [-0.15, -0.1) is 11.3 Å². The molecule has 134 valence electrons. The summed E-state index contributed by atoms with van der Waals surface area (Å²) in [6.07, 6.45) is 0.835. The third-order valence-corrected chi connectivity index (χ3v) is 6.21. The number of rotatable bonds is 2. The molecule has 0 saturated carbocycles. The van der Waals surface area contributed by atoms with Crippen molar-refractivity contribution in [3.8, 4) is 11.3 Å². The van der Waals surface area contributed by atoms with E-state index in [1.807, 2.05) is 46.3 Å². The SMILES string of the molecule is Cn1nc2c(c1-c1ccccc1)CCN(C(=O)c1csc3ccccc13)C2. The Kier molecular flexibility index (Phi) is 3.83. The normalized spacial score (nSPS) is 13.7. The van der Waals surface area contributed by atoms with E-state index in [2.05, 4.69) is 30.3 Å².